The molecular formula is C29H30F2N6O5. The number of imidazole rings is 1. The van der Waals surface area contributed by atoms with E-state index in [1.54, 1.807) is 54.6 Å². The third-order valence-electron chi connectivity index (χ3n) is 7.63. The maximum atomic E-state index is 13.7. The Morgan fingerprint density at radius 2 is 1.74 bits per heavy atom. The molecule has 5 rings (SSSR count). The van der Waals surface area contributed by atoms with E-state index in [1.165, 1.54) is 26.5 Å². The number of nitrogens with one attached hydrogen (secondary N) is 1. The molecule has 1 aliphatic heterocycles. The van der Waals surface area contributed by atoms with Crippen LogP contribution < -0.4 is 10.9 Å². The first kappa shape index (κ1) is 28.9. The fourth-order valence-corrected chi connectivity index (χ4v) is 5.20. The van der Waals surface area contributed by atoms with E-state index >= 15 is 0 Å². The number of halogens is 2. The smallest absolute Gasteiger partial charge is 0.404 e. The minimum Gasteiger partial charge on any atom is -0.465 e. The monoisotopic (exact) mass is 580 g/mol. The standard InChI is InChI=1S/C29H30F2N6O5/c30-25(31)22(20-4-2-1-3-5-20)14-24(38)35-12-10-29(42,11-13-35)17-36-18-34-37-23(16-32-26(37)27(36)39)21-8-6-19(7-9-21)15-33-28(40)41/h1-9,16,18,22,25,33,42H,10-15,17H2,(H,40,41). The number of fused-ring (bicyclic) bond motifs is 1. The van der Waals surface area contributed by atoms with Gasteiger partial charge in [0.25, 0.3) is 5.56 Å². The number of carbonyl (C=O) groups excluding carboxylic acids is 1. The van der Waals surface area contributed by atoms with Crippen LogP contribution in [0.5, 0.6) is 0 Å². The average molecular weight is 581 g/mol. The van der Waals surface area contributed by atoms with Gasteiger partial charge in [0.2, 0.25) is 18.0 Å². The number of alkyl halides is 2. The predicted molar refractivity (Wildman–Crippen MR) is 148 cm³/mol. The lowest BCUT2D eigenvalue weighted by Gasteiger charge is -2.38. The van der Waals surface area contributed by atoms with Gasteiger partial charge in [0.15, 0.2) is 0 Å². The number of carboxylic acid groups (broad SMARTS) is 1. The molecular weight excluding hydrogens is 550 g/mol. The summed E-state index contributed by atoms with van der Waals surface area (Å²) in [5.41, 5.74) is 0.781. The molecule has 0 bridgehead atoms. The van der Waals surface area contributed by atoms with Crippen LogP contribution in [-0.4, -0.2) is 71.4 Å². The predicted octanol–water partition coefficient (Wildman–Crippen LogP) is 3.12. The number of piperidine rings is 1. The molecule has 1 unspecified atom stereocenters. The normalized spacial score (nSPS) is 15.6. The van der Waals surface area contributed by atoms with Gasteiger partial charge in [-0.3, -0.25) is 14.2 Å². The Hall–Kier alpha value is -4.65. The van der Waals surface area contributed by atoms with Crippen molar-refractivity contribution in [3.8, 4) is 11.3 Å². The summed E-state index contributed by atoms with van der Waals surface area (Å²) < 4.78 is 30.1. The fourth-order valence-electron chi connectivity index (χ4n) is 5.20. The zero-order chi connectivity index (χ0) is 29.9. The summed E-state index contributed by atoms with van der Waals surface area (Å²) in [7, 11) is 0. The van der Waals surface area contributed by atoms with Gasteiger partial charge in [-0.1, -0.05) is 54.6 Å². The second-order valence-electron chi connectivity index (χ2n) is 10.5. The molecule has 220 valence electrons. The Morgan fingerprint density at radius 1 is 1.05 bits per heavy atom. The first-order valence-electron chi connectivity index (χ1n) is 13.5. The molecule has 0 radical (unpaired) electrons. The summed E-state index contributed by atoms with van der Waals surface area (Å²) in [6, 6.07) is 15.3. The summed E-state index contributed by atoms with van der Waals surface area (Å²) in [5, 5.41) is 26.7. The molecule has 3 heterocycles. The van der Waals surface area contributed by atoms with Crippen LogP contribution in [0.25, 0.3) is 16.9 Å². The van der Waals surface area contributed by atoms with Crippen molar-refractivity contribution < 1.29 is 28.6 Å². The number of benzene rings is 2. The lowest BCUT2D eigenvalue weighted by atomic mass is 9.90. The number of likely N-dealkylation sites (tertiary alicyclic amines) is 1. The minimum atomic E-state index is -2.68. The molecule has 13 heteroatoms. The van der Waals surface area contributed by atoms with Crippen LogP contribution in [0.1, 0.15) is 36.3 Å². The number of nitrogens with zero attached hydrogens (tertiary/aromatic N) is 5. The van der Waals surface area contributed by atoms with Crippen molar-refractivity contribution in [2.75, 3.05) is 13.1 Å². The lowest BCUT2D eigenvalue weighted by molar-refractivity contribution is -0.137. The Balaban J connectivity index is 1.24. The highest BCUT2D eigenvalue weighted by Crippen LogP contribution is 2.30. The second-order valence-corrected chi connectivity index (χ2v) is 10.5. The number of carbonyl (C=O) groups is 2. The number of aromatic nitrogens is 4. The van der Waals surface area contributed by atoms with E-state index in [0.29, 0.717) is 11.3 Å². The first-order chi connectivity index (χ1) is 20.1. The molecule has 1 saturated heterocycles. The van der Waals surface area contributed by atoms with E-state index in [9.17, 15) is 28.3 Å². The van der Waals surface area contributed by atoms with E-state index in [0.717, 1.165) is 11.1 Å². The van der Waals surface area contributed by atoms with Crippen molar-refractivity contribution in [1.82, 2.24) is 29.4 Å². The van der Waals surface area contributed by atoms with Gasteiger partial charge >= 0.3 is 6.09 Å². The van der Waals surface area contributed by atoms with Gasteiger partial charge < -0.3 is 20.4 Å². The van der Waals surface area contributed by atoms with Crippen LogP contribution in [0.4, 0.5) is 13.6 Å². The van der Waals surface area contributed by atoms with Crippen LogP contribution in [0.3, 0.4) is 0 Å². The molecule has 0 aliphatic carbocycles. The van der Waals surface area contributed by atoms with Crippen LogP contribution in [0, 0.1) is 0 Å². The summed E-state index contributed by atoms with van der Waals surface area (Å²) in [4.78, 5) is 42.5. The highest BCUT2D eigenvalue weighted by Gasteiger charge is 2.36. The molecule has 11 nitrogen and oxygen atoms in total. The van der Waals surface area contributed by atoms with Gasteiger partial charge in [0, 0.05) is 31.6 Å². The molecule has 0 spiro atoms. The van der Waals surface area contributed by atoms with Crippen molar-refractivity contribution in [2.45, 2.75) is 50.3 Å². The second kappa shape index (κ2) is 12.1. The van der Waals surface area contributed by atoms with E-state index in [-0.39, 0.29) is 51.1 Å². The molecule has 4 aromatic rings. The van der Waals surface area contributed by atoms with E-state index < -0.39 is 35.5 Å². The summed E-state index contributed by atoms with van der Waals surface area (Å²) >= 11 is 0. The van der Waals surface area contributed by atoms with Gasteiger partial charge in [0.1, 0.15) is 6.33 Å². The van der Waals surface area contributed by atoms with Crippen LogP contribution in [0.2, 0.25) is 0 Å². The van der Waals surface area contributed by atoms with Crippen LogP contribution in [-0.2, 0) is 17.9 Å². The number of hydrogen-bond acceptors (Lipinski definition) is 6. The number of aliphatic hydroxyl groups is 1. The third-order valence-corrected chi connectivity index (χ3v) is 7.63. The molecule has 2 aromatic heterocycles. The molecule has 2 amide bonds. The number of hydrogen-bond donors (Lipinski definition) is 3. The van der Waals surface area contributed by atoms with Gasteiger partial charge in [-0.05, 0) is 24.0 Å². The molecule has 42 heavy (non-hydrogen) atoms. The van der Waals surface area contributed by atoms with E-state index in [4.69, 9.17) is 5.11 Å². The van der Waals surface area contributed by atoms with Gasteiger partial charge in [-0.25, -0.2) is 23.1 Å². The first-order valence-corrected chi connectivity index (χ1v) is 13.5. The zero-order valence-electron chi connectivity index (χ0n) is 22.6. The van der Waals surface area contributed by atoms with Crippen molar-refractivity contribution in [2.24, 2.45) is 0 Å². The average Bonchev–Trinajstić information content (AvgIpc) is 3.42. The summed E-state index contributed by atoms with van der Waals surface area (Å²) in [5.74, 6) is -1.61. The summed E-state index contributed by atoms with van der Waals surface area (Å²) in [6.07, 6.45) is -0.950. The molecule has 2 aromatic carbocycles. The van der Waals surface area contributed by atoms with Gasteiger partial charge in [-0.2, -0.15) is 5.10 Å². The van der Waals surface area contributed by atoms with Crippen LogP contribution >= 0.6 is 0 Å². The Morgan fingerprint density at radius 3 is 2.38 bits per heavy atom. The fraction of sp³-hybridized carbons (Fsp3) is 0.345. The SMILES string of the molecule is O=C(O)NCc1ccc(-c2cnc3c(=O)n(CC4(O)CCN(C(=O)CC(c5ccccc5)C(F)F)CC4)cnn23)cc1. The molecule has 1 atom stereocenters. The Bertz CT molecular complexity index is 1620. The largest absolute Gasteiger partial charge is 0.465 e. The quantitative estimate of drug-likeness (QED) is 0.276. The topological polar surface area (TPSA) is 142 Å². The van der Waals surface area contributed by atoms with Crippen molar-refractivity contribution >= 4 is 17.6 Å². The Kier molecular flexibility index (Phi) is 8.29. The molecule has 1 fully saturated rings. The molecule has 1 aliphatic rings. The molecule has 3 N–H and O–H groups in total. The van der Waals surface area contributed by atoms with Gasteiger partial charge in [-0.15, -0.1) is 0 Å². The third kappa shape index (κ3) is 6.30. The van der Waals surface area contributed by atoms with Crippen molar-refractivity contribution in [3.05, 3.63) is 88.6 Å². The van der Waals surface area contributed by atoms with E-state index in [1.807, 2.05) is 0 Å². The van der Waals surface area contributed by atoms with E-state index in [2.05, 4.69) is 15.4 Å². The highest BCUT2D eigenvalue weighted by molar-refractivity contribution is 5.77. The maximum Gasteiger partial charge on any atom is 0.404 e. The van der Waals surface area contributed by atoms with Crippen LogP contribution in [0.15, 0.2) is 71.9 Å². The summed E-state index contributed by atoms with van der Waals surface area (Å²) in [6.45, 7) is 0.449. The minimum absolute atomic E-state index is 0.0610. The van der Waals surface area contributed by atoms with Crippen molar-refractivity contribution in [1.29, 1.82) is 0 Å². The Labute approximate surface area is 239 Å². The number of amides is 2. The van der Waals surface area contributed by atoms with Gasteiger partial charge in [0.05, 0.1) is 30.0 Å². The lowest BCUT2D eigenvalue weighted by Crippen LogP contribution is -2.50. The highest BCUT2D eigenvalue weighted by atomic mass is 19.3. The van der Waals surface area contributed by atoms with Crippen molar-refractivity contribution in [3.63, 3.8) is 0 Å². The number of rotatable bonds is 9. The molecule has 0 saturated carbocycles. The maximum absolute atomic E-state index is 13.7. The zero-order valence-corrected chi connectivity index (χ0v) is 22.6.